The lowest BCUT2D eigenvalue weighted by Crippen LogP contribution is -2.47. The molecule has 2 heterocycles. The van der Waals surface area contributed by atoms with Gasteiger partial charge in [-0.3, -0.25) is 4.90 Å². The molecule has 1 N–H and O–H groups in total. The standard InChI is InChI=1S/C19H30N2/c1-2-10-19(11-6-12-20-15-19)16-21-13-5-9-17-7-3-4-8-18(17)14-21/h3-4,7-8,20H,2,5-6,9-16H2,1H3. The molecule has 1 saturated heterocycles. The van der Waals surface area contributed by atoms with Crippen molar-refractivity contribution in [2.24, 2.45) is 5.41 Å². The van der Waals surface area contributed by atoms with E-state index in [2.05, 4.69) is 41.4 Å². The monoisotopic (exact) mass is 286 g/mol. The molecule has 2 aliphatic rings. The number of nitrogens with one attached hydrogen (secondary N) is 1. The topological polar surface area (TPSA) is 15.3 Å². The lowest BCUT2D eigenvalue weighted by molar-refractivity contribution is 0.102. The molecule has 0 saturated carbocycles. The summed E-state index contributed by atoms with van der Waals surface area (Å²) in [4.78, 5) is 2.73. The summed E-state index contributed by atoms with van der Waals surface area (Å²) >= 11 is 0. The molecular formula is C19H30N2. The Morgan fingerprint density at radius 1 is 1.19 bits per heavy atom. The smallest absolute Gasteiger partial charge is 0.0236 e. The SMILES string of the molecule is CCCC1(CN2CCCc3ccccc3C2)CCCNC1. The van der Waals surface area contributed by atoms with E-state index in [1.165, 1.54) is 64.7 Å². The lowest BCUT2D eigenvalue weighted by atomic mass is 9.76. The normalized spacial score (nSPS) is 27.1. The number of hydrogen-bond acceptors (Lipinski definition) is 2. The van der Waals surface area contributed by atoms with Gasteiger partial charge in [-0.1, -0.05) is 37.6 Å². The van der Waals surface area contributed by atoms with Crippen LogP contribution in [0.2, 0.25) is 0 Å². The second-order valence-electron chi connectivity index (χ2n) is 7.11. The van der Waals surface area contributed by atoms with Gasteiger partial charge in [-0.05, 0) is 61.7 Å². The molecule has 3 rings (SSSR count). The lowest BCUT2D eigenvalue weighted by Gasteiger charge is -2.41. The minimum absolute atomic E-state index is 0.520. The zero-order chi connectivity index (χ0) is 14.5. The summed E-state index contributed by atoms with van der Waals surface area (Å²) in [6, 6.07) is 9.05. The van der Waals surface area contributed by atoms with Crippen molar-refractivity contribution >= 4 is 0 Å². The Morgan fingerprint density at radius 3 is 2.81 bits per heavy atom. The second kappa shape index (κ2) is 6.93. The molecule has 2 nitrogen and oxygen atoms in total. The number of aryl methyl sites for hydroxylation is 1. The van der Waals surface area contributed by atoms with Crippen LogP contribution in [0.5, 0.6) is 0 Å². The number of hydrogen-bond donors (Lipinski definition) is 1. The van der Waals surface area contributed by atoms with E-state index in [0.717, 1.165) is 6.54 Å². The van der Waals surface area contributed by atoms with E-state index in [-0.39, 0.29) is 0 Å². The van der Waals surface area contributed by atoms with Crippen molar-refractivity contribution in [1.82, 2.24) is 10.2 Å². The fraction of sp³-hybridized carbons (Fsp3) is 0.684. The second-order valence-corrected chi connectivity index (χ2v) is 7.11. The van der Waals surface area contributed by atoms with E-state index in [1.807, 2.05) is 0 Å². The van der Waals surface area contributed by atoms with Crippen LogP contribution >= 0.6 is 0 Å². The van der Waals surface area contributed by atoms with Crippen LogP contribution in [-0.2, 0) is 13.0 Å². The van der Waals surface area contributed by atoms with Crippen molar-refractivity contribution in [3.63, 3.8) is 0 Å². The van der Waals surface area contributed by atoms with Crippen LogP contribution in [0.15, 0.2) is 24.3 Å². The molecule has 0 radical (unpaired) electrons. The molecule has 21 heavy (non-hydrogen) atoms. The van der Waals surface area contributed by atoms with Crippen molar-refractivity contribution in [3.8, 4) is 0 Å². The van der Waals surface area contributed by atoms with Crippen molar-refractivity contribution in [2.45, 2.75) is 52.0 Å². The van der Waals surface area contributed by atoms with Gasteiger partial charge in [-0.15, -0.1) is 0 Å². The molecule has 1 atom stereocenters. The molecule has 0 spiro atoms. The van der Waals surface area contributed by atoms with E-state index < -0.39 is 0 Å². The number of rotatable bonds is 4. The highest BCUT2D eigenvalue weighted by atomic mass is 15.1. The Bertz CT molecular complexity index is 443. The molecule has 1 unspecified atom stereocenters. The van der Waals surface area contributed by atoms with Crippen LogP contribution in [0.25, 0.3) is 0 Å². The third-order valence-electron chi connectivity index (χ3n) is 5.33. The van der Waals surface area contributed by atoms with Gasteiger partial charge < -0.3 is 5.32 Å². The summed E-state index contributed by atoms with van der Waals surface area (Å²) in [6.07, 6.45) is 8.01. The first-order valence-corrected chi connectivity index (χ1v) is 8.81. The average Bonchev–Trinajstić information content (AvgIpc) is 2.70. The molecule has 0 aliphatic carbocycles. The summed E-state index contributed by atoms with van der Waals surface area (Å²) in [7, 11) is 0. The van der Waals surface area contributed by atoms with E-state index in [1.54, 1.807) is 11.1 Å². The summed E-state index contributed by atoms with van der Waals surface area (Å²) in [5, 5.41) is 3.66. The minimum Gasteiger partial charge on any atom is -0.316 e. The highest BCUT2D eigenvalue weighted by Gasteiger charge is 2.33. The van der Waals surface area contributed by atoms with E-state index in [9.17, 15) is 0 Å². The minimum atomic E-state index is 0.520. The molecule has 0 bridgehead atoms. The Morgan fingerprint density at radius 2 is 2.05 bits per heavy atom. The van der Waals surface area contributed by atoms with E-state index >= 15 is 0 Å². The van der Waals surface area contributed by atoms with Gasteiger partial charge in [0.2, 0.25) is 0 Å². The maximum Gasteiger partial charge on any atom is 0.0236 e. The van der Waals surface area contributed by atoms with Gasteiger partial charge in [0.25, 0.3) is 0 Å². The van der Waals surface area contributed by atoms with Gasteiger partial charge in [0.15, 0.2) is 0 Å². The van der Waals surface area contributed by atoms with Crippen molar-refractivity contribution in [2.75, 3.05) is 26.2 Å². The number of piperidine rings is 1. The van der Waals surface area contributed by atoms with Crippen LogP contribution < -0.4 is 5.32 Å². The highest BCUT2D eigenvalue weighted by Crippen LogP contribution is 2.33. The number of nitrogens with zero attached hydrogens (tertiary/aromatic N) is 1. The van der Waals surface area contributed by atoms with Crippen molar-refractivity contribution in [3.05, 3.63) is 35.4 Å². The molecule has 1 aromatic carbocycles. The van der Waals surface area contributed by atoms with Crippen LogP contribution in [-0.4, -0.2) is 31.1 Å². The Balaban J connectivity index is 1.71. The highest BCUT2D eigenvalue weighted by molar-refractivity contribution is 5.28. The molecule has 1 aromatic rings. The quantitative estimate of drug-likeness (QED) is 0.909. The van der Waals surface area contributed by atoms with Crippen LogP contribution in [0.3, 0.4) is 0 Å². The third kappa shape index (κ3) is 3.67. The summed E-state index contributed by atoms with van der Waals surface area (Å²) < 4.78 is 0. The molecule has 2 aliphatic heterocycles. The molecule has 116 valence electrons. The molecule has 0 aromatic heterocycles. The average molecular weight is 286 g/mol. The van der Waals surface area contributed by atoms with Gasteiger partial charge in [-0.2, -0.15) is 0 Å². The van der Waals surface area contributed by atoms with Gasteiger partial charge in [0.05, 0.1) is 0 Å². The van der Waals surface area contributed by atoms with Gasteiger partial charge in [-0.25, -0.2) is 0 Å². The first-order valence-electron chi connectivity index (χ1n) is 8.81. The van der Waals surface area contributed by atoms with Gasteiger partial charge in [0.1, 0.15) is 0 Å². The maximum atomic E-state index is 3.66. The zero-order valence-electron chi connectivity index (χ0n) is 13.5. The van der Waals surface area contributed by atoms with Crippen LogP contribution in [0, 0.1) is 5.41 Å². The fourth-order valence-corrected chi connectivity index (χ4v) is 4.37. The van der Waals surface area contributed by atoms with E-state index in [4.69, 9.17) is 0 Å². The summed E-state index contributed by atoms with van der Waals surface area (Å²) in [5.41, 5.74) is 3.66. The largest absolute Gasteiger partial charge is 0.316 e. The zero-order valence-corrected chi connectivity index (χ0v) is 13.5. The predicted octanol–water partition coefficient (Wildman–Crippen LogP) is 3.60. The first-order chi connectivity index (χ1) is 10.3. The molecule has 2 heteroatoms. The van der Waals surface area contributed by atoms with Crippen molar-refractivity contribution in [1.29, 1.82) is 0 Å². The first kappa shape index (κ1) is 15.1. The summed E-state index contributed by atoms with van der Waals surface area (Å²) in [5.74, 6) is 0. The number of fused-ring (bicyclic) bond motifs is 1. The molecule has 1 fully saturated rings. The third-order valence-corrected chi connectivity index (χ3v) is 5.33. The predicted molar refractivity (Wildman–Crippen MR) is 89.5 cm³/mol. The molecule has 0 amide bonds. The van der Waals surface area contributed by atoms with Crippen molar-refractivity contribution < 1.29 is 0 Å². The van der Waals surface area contributed by atoms with E-state index in [0.29, 0.717) is 5.41 Å². The Kier molecular flexibility index (Phi) is 4.97. The fourth-order valence-electron chi connectivity index (χ4n) is 4.37. The maximum absolute atomic E-state index is 3.66. The van der Waals surface area contributed by atoms with Crippen LogP contribution in [0.1, 0.15) is 50.2 Å². The Hall–Kier alpha value is -0.860. The Labute approximate surface area is 129 Å². The molecular weight excluding hydrogens is 256 g/mol. The van der Waals surface area contributed by atoms with Crippen LogP contribution in [0.4, 0.5) is 0 Å². The van der Waals surface area contributed by atoms with Gasteiger partial charge >= 0.3 is 0 Å². The van der Waals surface area contributed by atoms with Gasteiger partial charge in [0, 0.05) is 19.6 Å². The number of benzene rings is 1. The summed E-state index contributed by atoms with van der Waals surface area (Å²) in [6.45, 7) is 8.48.